The average molecular weight is 410 g/mol. The van der Waals surface area contributed by atoms with Crippen LogP contribution in [0.3, 0.4) is 0 Å². The van der Waals surface area contributed by atoms with Crippen molar-refractivity contribution < 1.29 is 19.4 Å². The molecule has 0 spiro atoms. The van der Waals surface area contributed by atoms with Gasteiger partial charge < -0.3 is 14.6 Å². The molecule has 0 amide bonds. The van der Waals surface area contributed by atoms with E-state index in [9.17, 15) is 20.0 Å². The highest BCUT2D eigenvalue weighted by molar-refractivity contribution is 6.13. The van der Waals surface area contributed by atoms with Gasteiger partial charge in [0, 0.05) is 6.61 Å². The molecule has 1 N–H and O–H groups in total. The average Bonchev–Trinajstić information content (AvgIpc) is 3.25. The zero-order valence-corrected chi connectivity index (χ0v) is 17.3. The predicted molar refractivity (Wildman–Crippen MR) is 111 cm³/mol. The van der Waals surface area contributed by atoms with Crippen molar-refractivity contribution in [1.82, 2.24) is 4.57 Å². The molecule has 1 aromatic heterocycles. The molecule has 1 atom stereocenters. The van der Waals surface area contributed by atoms with Crippen LogP contribution in [0.5, 0.6) is 11.6 Å². The number of rotatable bonds is 8. The SMILES string of the molecule is CCCCOc1ccccc1C(=O)c1c(C)c(C#N)c(=O)n(CC2CCCO2)c1O. The number of carbonyl (C=O) groups excluding carboxylic acids is 1. The summed E-state index contributed by atoms with van der Waals surface area (Å²) in [5.41, 5.74) is -0.392. The third kappa shape index (κ3) is 4.24. The molecule has 158 valence electrons. The minimum Gasteiger partial charge on any atom is -0.494 e. The second-order valence-electron chi connectivity index (χ2n) is 7.39. The molecule has 1 aliphatic heterocycles. The van der Waals surface area contributed by atoms with Gasteiger partial charge in [0.25, 0.3) is 5.56 Å². The van der Waals surface area contributed by atoms with Crippen LogP contribution in [0.15, 0.2) is 29.1 Å². The second-order valence-corrected chi connectivity index (χ2v) is 7.39. The van der Waals surface area contributed by atoms with Crippen molar-refractivity contribution in [2.45, 2.75) is 52.2 Å². The molecule has 0 saturated carbocycles. The Morgan fingerprint density at radius 2 is 2.17 bits per heavy atom. The van der Waals surface area contributed by atoms with E-state index in [1.54, 1.807) is 24.3 Å². The number of unbranched alkanes of at least 4 members (excludes halogenated alkanes) is 1. The fraction of sp³-hybridized carbons (Fsp3) is 0.435. The van der Waals surface area contributed by atoms with Gasteiger partial charge in [0.2, 0.25) is 11.7 Å². The quantitative estimate of drug-likeness (QED) is 0.529. The van der Waals surface area contributed by atoms with Gasteiger partial charge in [-0.15, -0.1) is 0 Å². The normalized spacial score (nSPS) is 15.7. The number of hydrogen-bond donors (Lipinski definition) is 1. The van der Waals surface area contributed by atoms with Crippen molar-refractivity contribution in [2.24, 2.45) is 0 Å². The minimum atomic E-state index is -0.618. The number of ether oxygens (including phenoxy) is 2. The highest BCUT2D eigenvalue weighted by Crippen LogP contribution is 2.29. The molecule has 1 aliphatic rings. The van der Waals surface area contributed by atoms with Gasteiger partial charge in [-0.3, -0.25) is 14.2 Å². The molecule has 2 heterocycles. The van der Waals surface area contributed by atoms with Crippen LogP contribution >= 0.6 is 0 Å². The molecule has 0 aliphatic carbocycles. The third-order valence-electron chi connectivity index (χ3n) is 5.32. The largest absolute Gasteiger partial charge is 0.494 e. The van der Waals surface area contributed by atoms with Crippen LogP contribution in [-0.2, 0) is 11.3 Å². The first-order valence-electron chi connectivity index (χ1n) is 10.2. The number of nitrogens with zero attached hydrogens (tertiary/aromatic N) is 2. The lowest BCUT2D eigenvalue weighted by Crippen LogP contribution is -2.30. The molecule has 2 aromatic rings. The first-order chi connectivity index (χ1) is 14.5. The number of pyridine rings is 1. The van der Waals surface area contributed by atoms with Crippen LogP contribution in [0.1, 0.15) is 59.7 Å². The van der Waals surface area contributed by atoms with Crippen molar-refractivity contribution >= 4 is 5.78 Å². The topological polar surface area (TPSA) is 102 Å². The van der Waals surface area contributed by atoms with Crippen molar-refractivity contribution in [3.63, 3.8) is 0 Å². The van der Waals surface area contributed by atoms with E-state index in [-0.39, 0.29) is 34.9 Å². The lowest BCUT2D eigenvalue weighted by atomic mass is 9.96. The lowest BCUT2D eigenvalue weighted by molar-refractivity contribution is 0.0929. The molecule has 1 unspecified atom stereocenters. The predicted octanol–water partition coefficient (Wildman–Crippen LogP) is 3.32. The summed E-state index contributed by atoms with van der Waals surface area (Å²) in [5, 5.41) is 20.4. The minimum absolute atomic E-state index is 0.0595. The number of benzene rings is 1. The number of aromatic nitrogens is 1. The molecule has 0 radical (unpaired) electrons. The van der Waals surface area contributed by atoms with E-state index in [0.717, 1.165) is 30.3 Å². The van der Waals surface area contributed by atoms with Crippen LogP contribution in [-0.4, -0.2) is 34.8 Å². The molecule has 7 heteroatoms. The Balaban J connectivity index is 2.08. The summed E-state index contributed by atoms with van der Waals surface area (Å²) in [5.74, 6) is -0.528. The third-order valence-corrected chi connectivity index (χ3v) is 5.32. The number of para-hydroxylation sites is 1. The zero-order valence-electron chi connectivity index (χ0n) is 17.3. The fourth-order valence-corrected chi connectivity index (χ4v) is 3.63. The van der Waals surface area contributed by atoms with Gasteiger partial charge in [-0.25, -0.2) is 0 Å². The van der Waals surface area contributed by atoms with Gasteiger partial charge in [-0.2, -0.15) is 5.26 Å². The van der Waals surface area contributed by atoms with Crippen molar-refractivity contribution in [2.75, 3.05) is 13.2 Å². The van der Waals surface area contributed by atoms with Crippen LogP contribution in [0, 0.1) is 18.3 Å². The summed E-state index contributed by atoms with van der Waals surface area (Å²) < 4.78 is 12.4. The first-order valence-corrected chi connectivity index (χ1v) is 10.2. The van der Waals surface area contributed by atoms with E-state index < -0.39 is 17.2 Å². The number of aromatic hydroxyl groups is 1. The van der Waals surface area contributed by atoms with Gasteiger partial charge in [0.1, 0.15) is 17.4 Å². The van der Waals surface area contributed by atoms with E-state index in [0.29, 0.717) is 19.0 Å². The zero-order chi connectivity index (χ0) is 21.7. The summed E-state index contributed by atoms with van der Waals surface area (Å²) in [4.78, 5) is 26.2. The monoisotopic (exact) mass is 410 g/mol. The number of nitriles is 1. The molecule has 30 heavy (non-hydrogen) atoms. The molecule has 7 nitrogen and oxygen atoms in total. The fourth-order valence-electron chi connectivity index (χ4n) is 3.63. The van der Waals surface area contributed by atoms with E-state index in [4.69, 9.17) is 9.47 Å². The second kappa shape index (κ2) is 9.59. The van der Waals surface area contributed by atoms with Crippen LogP contribution < -0.4 is 10.3 Å². The number of ketones is 1. The van der Waals surface area contributed by atoms with E-state index in [1.165, 1.54) is 6.92 Å². The summed E-state index contributed by atoms with van der Waals surface area (Å²) in [6.45, 7) is 4.69. The molecule has 0 bridgehead atoms. The van der Waals surface area contributed by atoms with Crippen molar-refractivity contribution in [3.8, 4) is 17.7 Å². The lowest BCUT2D eigenvalue weighted by Gasteiger charge is -2.18. The Kier molecular flexibility index (Phi) is 6.91. The van der Waals surface area contributed by atoms with Crippen LogP contribution in [0.2, 0.25) is 0 Å². The van der Waals surface area contributed by atoms with Gasteiger partial charge in [0.05, 0.1) is 30.4 Å². The molecule has 3 rings (SSSR count). The van der Waals surface area contributed by atoms with E-state index in [1.807, 2.05) is 13.0 Å². The summed E-state index contributed by atoms with van der Waals surface area (Å²) in [6, 6.07) is 8.68. The van der Waals surface area contributed by atoms with Crippen molar-refractivity contribution in [3.05, 3.63) is 56.9 Å². The summed E-state index contributed by atoms with van der Waals surface area (Å²) in [7, 11) is 0. The maximum Gasteiger partial charge on any atom is 0.271 e. The molecular formula is C23H26N2O5. The Bertz CT molecular complexity index is 1030. The van der Waals surface area contributed by atoms with E-state index >= 15 is 0 Å². The maximum absolute atomic E-state index is 13.4. The Hall–Kier alpha value is -3.11. The smallest absolute Gasteiger partial charge is 0.271 e. The van der Waals surface area contributed by atoms with Crippen molar-refractivity contribution in [1.29, 1.82) is 5.26 Å². The molecule has 1 aromatic carbocycles. The van der Waals surface area contributed by atoms with Gasteiger partial charge in [-0.1, -0.05) is 25.5 Å². The molecule has 1 saturated heterocycles. The summed E-state index contributed by atoms with van der Waals surface area (Å²) in [6.07, 6.45) is 3.17. The molecular weight excluding hydrogens is 384 g/mol. The Morgan fingerprint density at radius 1 is 1.40 bits per heavy atom. The Labute approximate surface area is 175 Å². The highest BCUT2D eigenvalue weighted by Gasteiger charge is 2.28. The summed E-state index contributed by atoms with van der Waals surface area (Å²) >= 11 is 0. The van der Waals surface area contributed by atoms with Gasteiger partial charge in [-0.05, 0) is 43.9 Å². The first kappa shape index (κ1) is 21.6. The van der Waals surface area contributed by atoms with Gasteiger partial charge >= 0.3 is 0 Å². The molecule has 1 fully saturated rings. The Morgan fingerprint density at radius 3 is 2.83 bits per heavy atom. The maximum atomic E-state index is 13.4. The number of carbonyl (C=O) groups is 1. The standard InChI is InChI=1S/C23H26N2O5/c1-3-4-11-30-19-10-6-5-9-17(19)21(26)20-15(2)18(13-24)22(27)25(23(20)28)14-16-8-7-12-29-16/h5-6,9-10,16,28H,3-4,7-8,11-12,14H2,1-2H3. The number of hydrogen-bond acceptors (Lipinski definition) is 6. The van der Waals surface area contributed by atoms with Gasteiger partial charge in [0.15, 0.2) is 0 Å². The van der Waals surface area contributed by atoms with Crippen LogP contribution in [0.4, 0.5) is 0 Å². The highest BCUT2D eigenvalue weighted by atomic mass is 16.5. The van der Waals surface area contributed by atoms with E-state index in [2.05, 4.69) is 0 Å². The van der Waals surface area contributed by atoms with Crippen LogP contribution in [0.25, 0.3) is 0 Å².